The van der Waals surface area contributed by atoms with Gasteiger partial charge in [-0.25, -0.2) is 19.9 Å². The van der Waals surface area contributed by atoms with Gasteiger partial charge in [-0.2, -0.15) is 0 Å². The van der Waals surface area contributed by atoms with E-state index in [0.717, 1.165) is 16.0 Å². The summed E-state index contributed by atoms with van der Waals surface area (Å²) < 4.78 is 1.41. The van der Waals surface area contributed by atoms with Crippen LogP contribution in [0.4, 0.5) is 0 Å². The monoisotopic (exact) mass is 635 g/mol. The Labute approximate surface area is 269 Å². The molecular weight excluding hydrogens is 602 g/mol. The molecule has 7 rings (SSSR count). The number of aromatic nitrogens is 5. The molecule has 2 aliphatic heterocycles. The van der Waals surface area contributed by atoms with E-state index >= 15 is 0 Å². The number of carbonyl (C=O) groups excluding carboxylic acids is 2. The number of hydrogen-bond acceptors (Lipinski definition) is 9. The zero-order chi connectivity index (χ0) is 31.7. The fraction of sp³-hybridized carbons (Fsp3) is 0.324. The molecule has 6 heterocycles. The summed E-state index contributed by atoms with van der Waals surface area (Å²) in [7, 11) is 0. The summed E-state index contributed by atoms with van der Waals surface area (Å²) >= 11 is 1.42. The van der Waals surface area contributed by atoms with Crippen LogP contribution in [0, 0.1) is 5.92 Å². The second-order valence-electron chi connectivity index (χ2n) is 12.1. The summed E-state index contributed by atoms with van der Waals surface area (Å²) in [6.07, 6.45) is 9.17. The van der Waals surface area contributed by atoms with Crippen LogP contribution in [0.15, 0.2) is 90.6 Å². The molecular formula is C34H33N7O4S. The molecule has 0 saturated carbocycles. The van der Waals surface area contributed by atoms with Gasteiger partial charge in [-0.3, -0.25) is 19.0 Å². The number of hydrogen-bond donors (Lipinski definition) is 1. The zero-order valence-electron chi connectivity index (χ0n) is 25.1. The molecule has 1 aromatic carbocycles. The van der Waals surface area contributed by atoms with Crippen molar-refractivity contribution in [3.05, 3.63) is 107 Å². The van der Waals surface area contributed by atoms with Gasteiger partial charge < -0.3 is 14.9 Å². The Morgan fingerprint density at radius 1 is 0.935 bits per heavy atom. The van der Waals surface area contributed by atoms with E-state index in [1.165, 1.54) is 28.6 Å². The highest BCUT2D eigenvalue weighted by molar-refractivity contribution is 7.17. The predicted molar refractivity (Wildman–Crippen MR) is 173 cm³/mol. The molecule has 234 valence electrons. The average molecular weight is 636 g/mol. The molecule has 2 saturated heterocycles. The third-order valence-electron chi connectivity index (χ3n) is 9.16. The Morgan fingerprint density at radius 2 is 1.72 bits per heavy atom. The lowest BCUT2D eigenvalue weighted by Crippen LogP contribution is -2.53. The molecule has 12 heteroatoms. The summed E-state index contributed by atoms with van der Waals surface area (Å²) in [6.45, 7) is 1.76. The number of aliphatic hydroxyl groups is 1. The van der Waals surface area contributed by atoms with Crippen LogP contribution >= 0.6 is 11.3 Å². The van der Waals surface area contributed by atoms with Crippen LogP contribution in [-0.2, 0) is 11.3 Å². The number of likely N-dealkylation sites (tertiary alicyclic amines) is 2. The standard InChI is InChI=1S/C34H33N7O4S/c42-31(39-15-11-34(45,12-16-39)20-41-22-38-27-7-4-13-37-30(27)33(41)44)25-10-14-40(19-26(25)23-5-2-1-3-6-23)32(43)29-9-8-28(46-29)24-17-35-21-36-18-24/h1-9,13,17-18,21-22,25-26,45H,10-12,14-16,19-20H2/t25-,26+/m1/s1. The van der Waals surface area contributed by atoms with Gasteiger partial charge in [0.15, 0.2) is 5.52 Å². The first kappa shape index (κ1) is 29.9. The van der Waals surface area contributed by atoms with Crippen LogP contribution in [0.2, 0.25) is 0 Å². The molecule has 46 heavy (non-hydrogen) atoms. The lowest BCUT2D eigenvalue weighted by atomic mass is 9.79. The van der Waals surface area contributed by atoms with E-state index in [9.17, 15) is 19.5 Å². The number of pyridine rings is 1. The molecule has 0 aliphatic carbocycles. The lowest BCUT2D eigenvalue weighted by Gasteiger charge is -2.43. The summed E-state index contributed by atoms with van der Waals surface area (Å²) in [5.74, 6) is -0.462. The third kappa shape index (κ3) is 5.93. The number of carbonyl (C=O) groups is 2. The molecule has 2 atom stereocenters. The van der Waals surface area contributed by atoms with Gasteiger partial charge in [0.1, 0.15) is 6.33 Å². The minimum atomic E-state index is -1.15. The van der Waals surface area contributed by atoms with E-state index in [1.54, 1.807) is 30.7 Å². The Kier molecular flexibility index (Phi) is 8.14. The molecule has 2 amide bonds. The van der Waals surface area contributed by atoms with Gasteiger partial charge in [0, 0.05) is 67.0 Å². The van der Waals surface area contributed by atoms with E-state index in [-0.39, 0.29) is 41.3 Å². The van der Waals surface area contributed by atoms with Crippen molar-refractivity contribution in [2.75, 3.05) is 26.2 Å². The third-order valence-corrected chi connectivity index (χ3v) is 10.3. The minimum Gasteiger partial charge on any atom is -0.388 e. The van der Waals surface area contributed by atoms with Crippen LogP contribution < -0.4 is 5.56 Å². The Morgan fingerprint density at radius 3 is 2.50 bits per heavy atom. The SMILES string of the molecule is O=C(c1ccc(-c2cncnc2)s1)N1CC[C@@H](C(=O)N2CCC(O)(Cn3cnc4cccnc4c3=O)CC2)[C@H](c2ccccc2)C1. The largest absolute Gasteiger partial charge is 0.388 e. The molecule has 0 unspecified atom stereocenters. The maximum absolute atomic E-state index is 14.1. The molecule has 0 radical (unpaired) electrons. The maximum Gasteiger partial charge on any atom is 0.279 e. The number of amides is 2. The summed E-state index contributed by atoms with van der Waals surface area (Å²) in [4.78, 5) is 62.6. The van der Waals surface area contributed by atoms with Crippen molar-refractivity contribution in [2.45, 2.75) is 37.3 Å². The normalized spacial score (nSPS) is 19.7. The smallest absolute Gasteiger partial charge is 0.279 e. The van der Waals surface area contributed by atoms with Crippen LogP contribution in [-0.4, -0.2) is 83.0 Å². The highest BCUT2D eigenvalue weighted by Crippen LogP contribution is 2.37. The predicted octanol–water partition coefficient (Wildman–Crippen LogP) is 3.61. The van der Waals surface area contributed by atoms with E-state index in [2.05, 4.69) is 19.9 Å². The fourth-order valence-corrected chi connectivity index (χ4v) is 7.56. The van der Waals surface area contributed by atoms with Crippen molar-refractivity contribution >= 4 is 34.2 Å². The number of rotatable bonds is 6. The maximum atomic E-state index is 14.1. The van der Waals surface area contributed by atoms with Gasteiger partial charge >= 0.3 is 0 Å². The Hall–Kier alpha value is -4.81. The second kappa shape index (κ2) is 12.5. The topological polar surface area (TPSA) is 134 Å². The summed E-state index contributed by atoms with van der Waals surface area (Å²) in [5.41, 5.74) is 1.23. The highest BCUT2D eigenvalue weighted by Gasteiger charge is 2.42. The van der Waals surface area contributed by atoms with Crippen LogP contribution in [0.1, 0.15) is 40.4 Å². The first-order valence-electron chi connectivity index (χ1n) is 15.4. The summed E-state index contributed by atoms with van der Waals surface area (Å²) in [5, 5.41) is 11.4. The lowest BCUT2D eigenvalue weighted by molar-refractivity contribution is -0.142. The Bertz CT molecular complexity index is 1920. The number of fused-ring (bicyclic) bond motifs is 1. The fourth-order valence-electron chi connectivity index (χ4n) is 6.61. The van der Waals surface area contributed by atoms with E-state index in [0.29, 0.717) is 55.8 Å². The minimum absolute atomic E-state index is 0.0410. The zero-order valence-corrected chi connectivity index (χ0v) is 25.9. The number of benzene rings is 1. The highest BCUT2D eigenvalue weighted by atomic mass is 32.1. The molecule has 2 aliphatic rings. The molecule has 4 aromatic heterocycles. The number of nitrogens with zero attached hydrogens (tertiary/aromatic N) is 7. The van der Waals surface area contributed by atoms with E-state index < -0.39 is 5.60 Å². The van der Waals surface area contributed by atoms with Crippen LogP contribution in [0.5, 0.6) is 0 Å². The first-order valence-corrected chi connectivity index (χ1v) is 16.2. The molecule has 2 fully saturated rings. The van der Waals surface area contributed by atoms with Gasteiger partial charge in [0.2, 0.25) is 5.91 Å². The molecule has 1 N–H and O–H groups in total. The van der Waals surface area contributed by atoms with Gasteiger partial charge in [0.05, 0.1) is 28.9 Å². The molecule has 5 aromatic rings. The van der Waals surface area contributed by atoms with Gasteiger partial charge in [0.25, 0.3) is 11.5 Å². The van der Waals surface area contributed by atoms with Crippen LogP contribution in [0.3, 0.4) is 0 Å². The van der Waals surface area contributed by atoms with Gasteiger partial charge in [-0.15, -0.1) is 11.3 Å². The van der Waals surface area contributed by atoms with Crippen molar-refractivity contribution in [3.8, 4) is 10.4 Å². The number of piperidine rings is 2. The summed E-state index contributed by atoms with van der Waals surface area (Å²) in [6, 6.07) is 17.1. The quantitative estimate of drug-likeness (QED) is 0.299. The van der Waals surface area contributed by atoms with Gasteiger partial charge in [-0.1, -0.05) is 30.3 Å². The van der Waals surface area contributed by atoms with Crippen molar-refractivity contribution in [2.24, 2.45) is 5.92 Å². The van der Waals surface area contributed by atoms with Crippen molar-refractivity contribution in [3.63, 3.8) is 0 Å². The Balaban J connectivity index is 1.04. The number of thiophene rings is 1. The van der Waals surface area contributed by atoms with Crippen molar-refractivity contribution < 1.29 is 14.7 Å². The average Bonchev–Trinajstić information content (AvgIpc) is 3.60. The molecule has 0 spiro atoms. The van der Waals surface area contributed by atoms with Gasteiger partial charge in [-0.05, 0) is 49.1 Å². The van der Waals surface area contributed by atoms with Crippen molar-refractivity contribution in [1.82, 2.24) is 34.3 Å². The first-order chi connectivity index (χ1) is 22.4. The van der Waals surface area contributed by atoms with E-state index in [1.807, 2.05) is 52.3 Å². The molecule has 0 bridgehead atoms. The van der Waals surface area contributed by atoms with Crippen molar-refractivity contribution in [1.29, 1.82) is 0 Å². The second-order valence-corrected chi connectivity index (χ2v) is 13.1. The van der Waals surface area contributed by atoms with E-state index in [4.69, 9.17) is 0 Å². The molecule has 11 nitrogen and oxygen atoms in total. The van der Waals surface area contributed by atoms with Crippen LogP contribution in [0.25, 0.3) is 21.5 Å².